The number of nitrogens with zero attached hydrogens (tertiary/aromatic N) is 5. The normalized spacial score (nSPS) is 13.8. The van der Waals surface area contributed by atoms with Gasteiger partial charge in [0.05, 0.1) is 35.0 Å². The summed E-state index contributed by atoms with van der Waals surface area (Å²) in [7, 11) is 5.81. The van der Waals surface area contributed by atoms with Gasteiger partial charge in [0.1, 0.15) is 5.82 Å². The number of anilines is 2. The number of fused-ring (bicyclic) bond motifs is 2. The van der Waals surface area contributed by atoms with Gasteiger partial charge in [0.25, 0.3) is 5.91 Å². The number of carbonyl (C=O) groups excluding carboxylic acids is 1. The summed E-state index contributed by atoms with van der Waals surface area (Å²) in [5.74, 6) is 0.949. The topological polar surface area (TPSA) is 96.7 Å². The lowest BCUT2D eigenvalue weighted by atomic mass is 9.96. The van der Waals surface area contributed by atoms with Crippen LogP contribution in [0.25, 0.3) is 16.9 Å². The molecule has 9 nitrogen and oxygen atoms in total. The van der Waals surface area contributed by atoms with Crippen LogP contribution < -0.4 is 10.6 Å². The van der Waals surface area contributed by atoms with Gasteiger partial charge in [-0.1, -0.05) is 19.1 Å². The zero-order valence-electron chi connectivity index (χ0n) is 21.1. The molecule has 4 heterocycles. The van der Waals surface area contributed by atoms with Crippen molar-refractivity contribution < 1.29 is 9.53 Å². The van der Waals surface area contributed by atoms with Crippen LogP contribution >= 0.6 is 0 Å². The van der Waals surface area contributed by atoms with Crippen molar-refractivity contribution in [1.29, 1.82) is 0 Å². The Morgan fingerprint density at radius 1 is 1.22 bits per heavy atom. The van der Waals surface area contributed by atoms with Crippen LogP contribution in [-0.2, 0) is 17.8 Å². The zero-order valence-corrected chi connectivity index (χ0v) is 21.1. The molecule has 1 aromatic carbocycles. The summed E-state index contributed by atoms with van der Waals surface area (Å²) in [5, 5.41) is 6.40. The van der Waals surface area contributed by atoms with E-state index in [1.54, 1.807) is 19.5 Å². The summed E-state index contributed by atoms with van der Waals surface area (Å²) in [6.07, 6.45) is 8.08. The molecule has 0 aliphatic carbocycles. The van der Waals surface area contributed by atoms with Crippen LogP contribution in [0.2, 0.25) is 0 Å². The van der Waals surface area contributed by atoms with Crippen LogP contribution in [0, 0.1) is 0 Å². The quantitative estimate of drug-likeness (QED) is 0.370. The van der Waals surface area contributed by atoms with E-state index in [0.29, 0.717) is 30.5 Å². The van der Waals surface area contributed by atoms with Crippen molar-refractivity contribution in [3.8, 4) is 11.3 Å². The standard InChI is InChI=1S/C27H31N7O2/c1-17(9-12-36-4)18-6-8-24(32-22(18)16-33(2)3)31-21-7-5-19(20-13-30-27(35)26(20)21)23-14-29-25-15-28-10-11-34(23)25/h5-8,10-11,14-15,17H,9,12-13,16H2,1-4H3,(H,30,35)(H,31,32)/t17-/m1/s1. The first-order valence-corrected chi connectivity index (χ1v) is 12.1. The largest absolute Gasteiger partial charge is 0.385 e. The molecule has 5 rings (SSSR count). The van der Waals surface area contributed by atoms with E-state index in [0.717, 1.165) is 46.8 Å². The van der Waals surface area contributed by atoms with Crippen LogP contribution in [0.5, 0.6) is 0 Å². The first kappa shape index (κ1) is 23.9. The second-order valence-electron chi connectivity index (χ2n) is 9.42. The van der Waals surface area contributed by atoms with Crippen LogP contribution in [-0.4, -0.2) is 58.0 Å². The number of imidazole rings is 1. The van der Waals surface area contributed by atoms with E-state index in [-0.39, 0.29) is 5.91 Å². The predicted octanol–water partition coefficient (Wildman–Crippen LogP) is 3.98. The Kier molecular flexibility index (Phi) is 6.67. The lowest BCUT2D eigenvalue weighted by molar-refractivity contribution is 0.0966. The Morgan fingerprint density at radius 2 is 2.08 bits per heavy atom. The van der Waals surface area contributed by atoms with Crippen molar-refractivity contribution >= 4 is 23.1 Å². The summed E-state index contributed by atoms with van der Waals surface area (Å²) in [6, 6.07) is 8.10. The number of amides is 1. The Labute approximate surface area is 210 Å². The van der Waals surface area contributed by atoms with Crippen molar-refractivity contribution in [2.24, 2.45) is 0 Å². The second kappa shape index (κ2) is 10.0. The van der Waals surface area contributed by atoms with Crippen LogP contribution in [0.15, 0.2) is 49.1 Å². The lowest BCUT2D eigenvalue weighted by Gasteiger charge is -2.20. The summed E-state index contributed by atoms with van der Waals surface area (Å²) < 4.78 is 7.26. The van der Waals surface area contributed by atoms with E-state index in [1.807, 2.05) is 49.1 Å². The van der Waals surface area contributed by atoms with E-state index in [2.05, 4.69) is 38.5 Å². The van der Waals surface area contributed by atoms with Crippen molar-refractivity contribution in [3.63, 3.8) is 0 Å². The number of pyridine rings is 1. The summed E-state index contributed by atoms with van der Waals surface area (Å²) in [5.41, 5.74) is 7.22. The molecule has 0 unspecified atom stereocenters. The SMILES string of the molecule is COCC[C@@H](C)c1ccc(Nc2ccc(-c3cnc4cnccn34)c3c2C(=O)NC3)nc1CN(C)C. The molecule has 0 spiro atoms. The first-order valence-electron chi connectivity index (χ1n) is 12.1. The molecule has 0 fully saturated rings. The summed E-state index contributed by atoms with van der Waals surface area (Å²) >= 11 is 0. The Morgan fingerprint density at radius 3 is 2.89 bits per heavy atom. The highest BCUT2D eigenvalue weighted by Gasteiger charge is 2.27. The monoisotopic (exact) mass is 485 g/mol. The second-order valence-corrected chi connectivity index (χ2v) is 9.42. The number of nitrogens with one attached hydrogen (secondary N) is 2. The molecule has 0 saturated heterocycles. The number of methoxy groups -OCH3 is 1. The number of aromatic nitrogens is 4. The number of hydrogen-bond acceptors (Lipinski definition) is 7. The number of carbonyl (C=O) groups is 1. The summed E-state index contributed by atoms with van der Waals surface area (Å²) in [6.45, 7) is 4.10. The zero-order chi connectivity index (χ0) is 25.2. The molecule has 3 aromatic heterocycles. The van der Waals surface area contributed by atoms with E-state index in [1.165, 1.54) is 5.56 Å². The molecule has 2 N–H and O–H groups in total. The number of hydrogen-bond donors (Lipinski definition) is 2. The molecule has 36 heavy (non-hydrogen) atoms. The Hall–Kier alpha value is -3.82. The fraction of sp³-hybridized carbons (Fsp3) is 0.333. The van der Waals surface area contributed by atoms with Gasteiger partial charge < -0.3 is 20.3 Å². The average Bonchev–Trinajstić information content (AvgIpc) is 3.47. The molecule has 1 aliphatic heterocycles. The average molecular weight is 486 g/mol. The molecular formula is C27H31N7O2. The van der Waals surface area contributed by atoms with Gasteiger partial charge >= 0.3 is 0 Å². The highest BCUT2D eigenvalue weighted by molar-refractivity contribution is 6.06. The maximum atomic E-state index is 12.9. The first-order chi connectivity index (χ1) is 17.5. The molecule has 0 bridgehead atoms. The maximum Gasteiger partial charge on any atom is 0.254 e. The maximum absolute atomic E-state index is 12.9. The molecule has 186 valence electrons. The smallest absolute Gasteiger partial charge is 0.254 e. The van der Waals surface area contributed by atoms with Crippen molar-refractivity contribution in [2.75, 3.05) is 33.1 Å². The number of rotatable bonds is 9. The minimum absolute atomic E-state index is 0.0943. The molecule has 1 aliphatic rings. The van der Waals surface area contributed by atoms with Gasteiger partial charge in [-0.15, -0.1) is 0 Å². The minimum Gasteiger partial charge on any atom is -0.385 e. The van der Waals surface area contributed by atoms with Gasteiger partial charge in [-0.2, -0.15) is 0 Å². The van der Waals surface area contributed by atoms with Crippen molar-refractivity contribution in [2.45, 2.75) is 32.4 Å². The highest BCUT2D eigenvalue weighted by Crippen LogP contribution is 2.35. The highest BCUT2D eigenvalue weighted by atomic mass is 16.5. The third-order valence-electron chi connectivity index (χ3n) is 6.58. The van der Waals surface area contributed by atoms with Gasteiger partial charge in [0.2, 0.25) is 0 Å². The molecule has 0 radical (unpaired) electrons. The fourth-order valence-corrected chi connectivity index (χ4v) is 4.78. The minimum atomic E-state index is -0.0943. The van der Waals surface area contributed by atoms with Gasteiger partial charge in [0.15, 0.2) is 5.65 Å². The molecule has 9 heteroatoms. The molecule has 0 saturated carbocycles. The number of ether oxygens (including phenoxy) is 1. The molecular weight excluding hydrogens is 454 g/mol. The Balaban J connectivity index is 1.51. The van der Waals surface area contributed by atoms with Gasteiger partial charge in [-0.3, -0.25) is 14.2 Å². The van der Waals surface area contributed by atoms with E-state index >= 15 is 0 Å². The van der Waals surface area contributed by atoms with Crippen LogP contribution in [0.1, 0.15) is 46.4 Å². The lowest BCUT2D eigenvalue weighted by Crippen LogP contribution is -2.16. The van der Waals surface area contributed by atoms with E-state index in [4.69, 9.17) is 9.72 Å². The third kappa shape index (κ3) is 4.55. The van der Waals surface area contributed by atoms with E-state index in [9.17, 15) is 4.79 Å². The third-order valence-corrected chi connectivity index (χ3v) is 6.58. The molecule has 4 aromatic rings. The summed E-state index contributed by atoms with van der Waals surface area (Å²) in [4.78, 5) is 28.6. The molecule has 1 atom stereocenters. The van der Waals surface area contributed by atoms with Crippen molar-refractivity contribution in [3.05, 3.63) is 71.4 Å². The van der Waals surface area contributed by atoms with Gasteiger partial charge in [-0.25, -0.2) is 9.97 Å². The fourth-order valence-electron chi connectivity index (χ4n) is 4.78. The van der Waals surface area contributed by atoms with Crippen molar-refractivity contribution in [1.82, 2.24) is 29.6 Å². The van der Waals surface area contributed by atoms with E-state index < -0.39 is 0 Å². The van der Waals surface area contributed by atoms with Gasteiger partial charge in [0, 0.05) is 44.8 Å². The van der Waals surface area contributed by atoms with Gasteiger partial charge in [-0.05, 0) is 49.7 Å². The molecule has 1 amide bonds. The van der Waals surface area contributed by atoms with Crippen LogP contribution in [0.4, 0.5) is 11.5 Å². The Bertz CT molecular complexity index is 1410. The predicted molar refractivity (Wildman–Crippen MR) is 139 cm³/mol. The number of benzene rings is 1. The van der Waals surface area contributed by atoms with Crippen LogP contribution in [0.3, 0.4) is 0 Å².